The second kappa shape index (κ2) is 12.4. The van der Waals surface area contributed by atoms with Gasteiger partial charge in [0.1, 0.15) is 5.75 Å². The minimum absolute atomic E-state index is 0. The number of hydrogen-bond donors (Lipinski definition) is 2. The molecule has 1 aliphatic rings. The molecule has 0 spiro atoms. The number of benzene rings is 2. The molecule has 11 heteroatoms. The van der Waals surface area contributed by atoms with Gasteiger partial charge in [0, 0.05) is 37.8 Å². The third-order valence-electron chi connectivity index (χ3n) is 4.84. The number of alkyl halides is 2. The number of non-ortho nitro benzene ring substituents is 1. The summed E-state index contributed by atoms with van der Waals surface area (Å²) < 4.78 is 30.0. The van der Waals surface area contributed by atoms with E-state index >= 15 is 0 Å². The molecule has 1 saturated heterocycles. The summed E-state index contributed by atoms with van der Waals surface area (Å²) in [6.45, 7) is 1.31. The molecule has 1 atom stereocenters. The van der Waals surface area contributed by atoms with E-state index in [2.05, 4.69) is 20.4 Å². The van der Waals surface area contributed by atoms with E-state index in [1.165, 1.54) is 18.2 Å². The number of nitro benzene ring substituents is 1. The van der Waals surface area contributed by atoms with Crippen LogP contribution in [0, 0.1) is 10.1 Å². The molecule has 1 heterocycles. The first kappa shape index (κ1) is 25.6. The Morgan fingerprint density at radius 2 is 2.09 bits per heavy atom. The number of nitrogens with zero attached hydrogens (tertiary/aromatic N) is 3. The van der Waals surface area contributed by atoms with Gasteiger partial charge in [0.05, 0.1) is 17.2 Å². The molecule has 174 valence electrons. The molecule has 0 radical (unpaired) electrons. The Morgan fingerprint density at radius 3 is 2.81 bits per heavy atom. The van der Waals surface area contributed by atoms with Gasteiger partial charge < -0.3 is 20.3 Å². The Kier molecular flexibility index (Phi) is 9.88. The van der Waals surface area contributed by atoms with Crippen LogP contribution in [0.2, 0.25) is 0 Å². The van der Waals surface area contributed by atoms with Crippen LogP contribution in [0.15, 0.2) is 53.5 Å². The summed E-state index contributed by atoms with van der Waals surface area (Å²) in [5.74, 6) is 0.752. The molecule has 0 saturated carbocycles. The van der Waals surface area contributed by atoms with Crippen molar-refractivity contribution in [3.8, 4) is 5.75 Å². The molecular weight excluding hydrogens is 535 g/mol. The van der Waals surface area contributed by atoms with E-state index in [1.54, 1.807) is 30.3 Å². The van der Waals surface area contributed by atoms with Crippen LogP contribution in [0.3, 0.4) is 0 Å². The van der Waals surface area contributed by atoms with Crippen molar-refractivity contribution in [3.05, 3.63) is 64.2 Å². The molecule has 2 aromatic rings. The molecular formula is C21H26F2IN5O3. The fraction of sp³-hybridized carbons (Fsp3) is 0.381. The number of guanidine groups is 1. The van der Waals surface area contributed by atoms with Gasteiger partial charge in [0.15, 0.2) is 5.96 Å². The molecule has 0 aromatic heterocycles. The van der Waals surface area contributed by atoms with Gasteiger partial charge in [-0.25, -0.2) is 4.99 Å². The summed E-state index contributed by atoms with van der Waals surface area (Å²) in [4.78, 5) is 17.0. The maximum absolute atomic E-state index is 12.7. The number of anilines is 1. The Balaban J connectivity index is 0.00000363. The molecule has 8 nitrogen and oxygen atoms in total. The lowest BCUT2D eigenvalue weighted by molar-refractivity contribution is -0.384. The second-order valence-corrected chi connectivity index (χ2v) is 7.04. The highest BCUT2D eigenvalue weighted by molar-refractivity contribution is 14.0. The molecule has 0 amide bonds. The number of para-hydroxylation sites is 2. The smallest absolute Gasteiger partial charge is 0.387 e. The van der Waals surface area contributed by atoms with Crippen molar-refractivity contribution < 1.29 is 18.4 Å². The summed E-state index contributed by atoms with van der Waals surface area (Å²) in [5, 5.41) is 17.5. The van der Waals surface area contributed by atoms with Gasteiger partial charge in [0.2, 0.25) is 0 Å². The lowest BCUT2D eigenvalue weighted by Crippen LogP contribution is -2.44. The van der Waals surface area contributed by atoms with Crippen LogP contribution in [-0.4, -0.2) is 43.2 Å². The van der Waals surface area contributed by atoms with E-state index in [9.17, 15) is 18.9 Å². The van der Waals surface area contributed by atoms with Crippen LogP contribution in [0.5, 0.6) is 5.75 Å². The first-order valence-corrected chi connectivity index (χ1v) is 10.0. The van der Waals surface area contributed by atoms with E-state index in [0.29, 0.717) is 37.8 Å². The third-order valence-corrected chi connectivity index (χ3v) is 4.84. The van der Waals surface area contributed by atoms with Crippen LogP contribution in [0.1, 0.15) is 18.9 Å². The second-order valence-electron chi connectivity index (χ2n) is 7.04. The average molecular weight is 561 g/mol. The Morgan fingerprint density at radius 1 is 1.31 bits per heavy atom. The summed E-state index contributed by atoms with van der Waals surface area (Å²) in [6.07, 6.45) is 0.796. The predicted molar refractivity (Wildman–Crippen MR) is 130 cm³/mol. The lowest BCUT2D eigenvalue weighted by atomic mass is 10.2. The zero-order valence-electron chi connectivity index (χ0n) is 17.5. The Bertz CT molecular complexity index is 932. The quantitative estimate of drug-likeness (QED) is 0.166. The Labute approximate surface area is 202 Å². The standard InChI is InChI=1S/C21H25F2N5O3.HI/c1-2-24-21(25-13-15-6-5-7-17(12-15)28(29)30)26-16-10-11-27(14-16)18-8-3-4-9-19(18)31-20(22)23;/h3-9,12,16,20H,2,10-11,13-14H2,1H3,(H2,24,25,26);1H. The van der Waals surface area contributed by atoms with Crippen LogP contribution >= 0.6 is 24.0 Å². The zero-order valence-corrected chi connectivity index (χ0v) is 19.9. The molecule has 1 aliphatic heterocycles. The molecule has 0 bridgehead atoms. The van der Waals surface area contributed by atoms with Crippen LogP contribution in [0.4, 0.5) is 20.2 Å². The number of aliphatic imine (C=N–C) groups is 1. The van der Waals surface area contributed by atoms with Gasteiger partial charge in [-0.3, -0.25) is 10.1 Å². The topological polar surface area (TPSA) is 92.0 Å². The number of ether oxygens (including phenoxy) is 1. The molecule has 1 fully saturated rings. The number of hydrogen-bond acceptors (Lipinski definition) is 5. The minimum Gasteiger partial charge on any atom is -0.433 e. The predicted octanol–water partition coefficient (Wildman–Crippen LogP) is 4.15. The third kappa shape index (κ3) is 7.18. The van der Waals surface area contributed by atoms with Crippen LogP contribution < -0.4 is 20.3 Å². The Hall–Kier alpha value is -2.70. The maximum Gasteiger partial charge on any atom is 0.387 e. The van der Waals surface area contributed by atoms with Crippen molar-refractivity contribution >= 4 is 41.3 Å². The monoisotopic (exact) mass is 561 g/mol. The number of halogens is 3. The van der Waals surface area contributed by atoms with E-state index in [0.717, 1.165) is 12.0 Å². The van der Waals surface area contributed by atoms with Crippen LogP contribution in [-0.2, 0) is 6.54 Å². The van der Waals surface area contributed by atoms with Gasteiger partial charge >= 0.3 is 6.61 Å². The maximum atomic E-state index is 12.7. The average Bonchev–Trinajstić information content (AvgIpc) is 3.20. The van der Waals surface area contributed by atoms with Crippen molar-refractivity contribution in [1.29, 1.82) is 0 Å². The van der Waals surface area contributed by atoms with Gasteiger partial charge in [-0.2, -0.15) is 8.78 Å². The largest absolute Gasteiger partial charge is 0.433 e. The van der Waals surface area contributed by atoms with Gasteiger partial charge in [-0.1, -0.05) is 24.3 Å². The molecule has 2 aromatic carbocycles. The first-order valence-electron chi connectivity index (χ1n) is 10.0. The fourth-order valence-electron chi connectivity index (χ4n) is 3.46. The highest BCUT2D eigenvalue weighted by Crippen LogP contribution is 2.31. The van der Waals surface area contributed by atoms with Crippen molar-refractivity contribution in [2.75, 3.05) is 24.5 Å². The van der Waals surface area contributed by atoms with E-state index < -0.39 is 11.5 Å². The fourth-order valence-corrected chi connectivity index (χ4v) is 3.46. The van der Waals surface area contributed by atoms with Gasteiger partial charge in [-0.15, -0.1) is 24.0 Å². The summed E-state index contributed by atoms with van der Waals surface area (Å²) in [7, 11) is 0. The van der Waals surface area contributed by atoms with E-state index in [-0.39, 0.29) is 41.5 Å². The summed E-state index contributed by atoms with van der Waals surface area (Å²) >= 11 is 0. The summed E-state index contributed by atoms with van der Waals surface area (Å²) in [6, 6.07) is 13.2. The molecule has 0 aliphatic carbocycles. The van der Waals surface area contributed by atoms with Gasteiger partial charge in [-0.05, 0) is 31.0 Å². The van der Waals surface area contributed by atoms with Crippen molar-refractivity contribution in [2.24, 2.45) is 4.99 Å². The zero-order chi connectivity index (χ0) is 22.2. The van der Waals surface area contributed by atoms with E-state index in [1.807, 2.05) is 11.8 Å². The highest BCUT2D eigenvalue weighted by Gasteiger charge is 2.26. The molecule has 2 N–H and O–H groups in total. The molecule has 1 unspecified atom stereocenters. The first-order chi connectivity index (χ1) is 15.0. The lowest BCUT2D eigenvalue weighted by Gasteiger charge is -2.22. The van der Waals surface area contributed by atoms with Gasteiger partial charge in [0.25, 0.3) is 5.69 Å². The highest BCUT2D eigenvalue weighted by atomic mass is 127. The number of nitrogens with one attached hydrogen (secondary N) is 2. The minimum atomic E-state index is -2.88. The van der Waals surface area contributed by atoms with Crippen molar-refractivity contribution in [1.82, 2.24) is 10.6 Å². The number of rotatable bonds is 8. The van der Waals surface area contributed by atoms with E-state index in [4.69, 9.17) is 0 Å². The van der Waals surface area contributed by atoms with Crippen molar-refractivity contribution in [2.45, 2.75) is 32.5 Å². The normalized spacial score (nSPS) is 15.9. The van der Waals surface area contributed by atoms with Crippen LogP contribution in [0.25, 0.3) is 0 Å². The number of nitro groups is 1. The SMILES string of the molecule is CCNC(=NCc1cccc([N+](=O)[O-])c1)NC1CCN(c2ccccc2OC(F)F)C1.I. The molecule has 3 rings (SSSR count). The van der Waals surface area contributed by atoms with Crippen molar-refractivity contribution in [3.63, 3.8) is 0 Å². The molecule has 32 heavy (non-hydrogen) atoms. The summed E-state index contributed by atoms with van der Waals surface area (Å²) in [5.41, 5.74) is 1.39.